The first-order chi connectivity index (χ1) is 12.0. The summed E-state index contributed by atoms with van der Waals surface area (Å²) >= 11 is 0. The molecule has 1 aliphatic rings. The molecule has 0 saturated heterocycles. The summed E-state index contributed by atoms with van der Waals surface area (Å²) in [6, 6.07) is 20.5. The van der Waals surface area contributed by atoms with Crippen molar-refractivity contribution >= 4 is 13.7 Å². The fourth-order valence-electron chi connectivity index (χ4n) is 4.10. The van der Waals surface area contributed by atoms with Crippen molar-refractivity contribution in [3.05, 3.63) is 66.2 Å². The average molecular weight is 356 g/mol. The Morgan fingerprint density at radius 2 is 1.56 bits per heavy atom. The molecule has 2 nitrogen and oxygen atoms in total. The molecule has 25 heavy (non-hydrogen) atoms. The average Bonchev–Trinajstić information content (AvgIpc) is 2.63. The van der Waals surface area contributed by atoms with Gasteiger partial charge in [0.15, 0.2) is 0 Å². The van der Waals surface area contributed by atoms with Crippen molar-refractivity contribution in [3.8, 4) is 0 Å². The summed E-state index contributed by atoms with van der Waals surface area (Å²) in [6.45, 7) is 6.94. The second-order valence-corrected chi connectivity index (χ2v) is 9.14. The molecule has 1 saturated carbocycles. The van der Waals surface area contributed by atoms with Gasteiger partial charge in [-0.05, 0) is 47.8 Å². The normalized spacial score (nSPS) is 25.5. The molecule has 0 bridgehead atoms. The van der Waals surface area contributed by atoms with E-state index in [0.717, 1.165) is 18.1 Å². The van der Waals surface area contributed by atoms with Crippen LogP contribution in [0.15, 0.2) is 60.7 Å². The molecular weight excluding hydrogens is 327 g/mol. The molecule has 2 aromatic rings. The molecule has 1 aliphatic carbocycles. The van der Waals surface area contributed by atoms with E-state index in [9.17, 15) is 4.89 Å². The molecule has 1 N–H and O–H groups in total. The first-order valence-corrected chi connectivity index (χ1v) is 10.5. The lowest BCUT2D eigenvalue weighted by Gasteiger charge is -2.44. The van der Waals surface area contributed by atoms with Gasteiger partial charge in [0.25, 0.3) is 0 Å². The molecule has 1 unspecified atom stereocenters. The molecule has 2 aromatic carbocycles. The number of benzene rings is 2. The summed E-state index contributed by atoms with van der Waals surface area (Å²) in [5.41, 5.74) is 1.38. The van der Waals surface area contributed by atoms with Gasteiger partial charge in [-0.1, -0.05) is 75.7 Å². The van der Waals surface area contributed by atoms with Crippen molar-refractivity contribution in [2.45, 2.75) is 51.6 Å². The molecule has 3 rings (SSSR count). The standard InChI is InChI=1S/C22H29O2P/c1-17-14-15-20(22(2,3)18-10-6-4-7-11-18)21(16-17)24-25(23)19-12-8-5-9-13-19/h4-13,17,20-21,23H,14-16H2,1-3H3/t17-,20-,21-,25?/m1/s1. The fraction of sp³-hybridized carbons (Fsp3) is 0.455. The zero-order chi connectivity index (χ0) is 17.9. The third kappa shape index (κ3) is 4.31. The van der Waals surface area contributed by atoms with Crippen molar-refractivity contribution in [1.82, 2.24) is 0 Å². The molecule has 0 heterocycles. The van der Waals surface area contributed by atoms with Crippen molar-refractivity contribution in [2.24, 2.45) is 11.8 Å². The van der Waals surface area contributed by atoms with Crippen LogP contribution in [0.5, 0.6) is 0 Å². The minimum absolute atomic E-state index is 0.0267. The van der Waals surface area contributed by atoms with E-state index in [0.29, 0.717) is 11.8 Å². The number of hydrogen-bond donors (Lipinski definition) is 1. The van der Waals surface area contributed by atoms with Crippen LogP contribution in [-0.4, -0.2) is 11.0 Å². The second kappa shape index (κ2) is 7.99. The summed E-state index contributed by atoms with van der Waals surface area (Å²) in [5, 5.41) is 0.895. The van der Waals surface area contributed by atoms with E-state index in [-0.39, 0.29) is 11.5 Å². The van der Waals surface area contributed by atoms with Crippen LogP contribution in [0.4, 0.5) is 0 Å². The highest BCUT2D eigenvalue weighted by Crippen LogP contribution is 2.47. The SMILES string of the molecule is C[C@@H]1CC[C@@H](C(C)(C)c2ccccc2)[C@H](OP(O)c2ccccc2)C1. The van der Waals surface area contributed by atoms with Crippen LogP contribution in [0.25, 0.3) is 0 Å². The Bertz CT molecular complexity index is 656. The van der Waals surface area contributed by atoms with E-state index in [2.05, 4.69) is 51.1 Å². The second-order valence-electron chi connectivity index (χ2n) is 7.86. The summed E-state index contributed by atoms with van der Waals surface area (Å²) < 4.78 is 6.29. The fourth-order valence-corrected chi connectivity index (χ4v) is 5.14. The maximum absolute atomic E-state index is 10.7. The van der Waals surface area contributed by atoms with Crippen LogP contribution in [0.2, 0.25) is 0 Å². The topological polar surface area (TPSA) is 29.5 Å². The maximum Gasteiger partial charge on any atom is 0.202 e. The molecule has 0 aliphatic heterocycles. The highest BCUT2D eigenvalue weighted by molar-refractivity contribution is 7.55. The molecule has 1 fully saturated rings. The monoisotopic (exact) mass is 356 g/mol. The van der Waals surface area contributed by atoms with Crippen molar-refractivity contribution < 1.29 is 9.42 Å². The van der Waals surface area contributed by atoms with Crippen molar-refractivity contribution in [1.29, 1.82) is 0 Å². The minimum Gasteiger partial charge on any atom is -0.346 e. The van der Waals surface area contributed by atoms with Crippen LogP contribution in [0.3, 0.4) is 0 Å². The molecular formula is C22H29O2P. The predicted molar refractivity (Wildman–Crippen MR) is 106 cm³/mol. The van der Waals surface area contributed by atoms with Gasteiger partial charge in [0, 0.05) is 5.30 Å². The predicted octanol–water partition coefficient (Wildman–Crippen LogP) is 5.42. The summed E-state index contributed by atoms with van der Waals surface area (Å²) in [4.78, 5) is 10.7. The smallest absolute Gasteiger partial charge is 0.202 e. The highest BCUT2D eigenvalue weighted by Gasteiger charge is 2.41. The van der Waals surface area contributed by atoms with Crippen molar-refractivity contribution in [2.75, 3.05) is 0 Å². The third-order valence-corrected chi connectivity index (χ3v) is 6.92. The summed E-state index contributed by atoms with van der Waals surface area (Å²) in [6.07, 6.45) is 3.49. The molecule has 0 amide bonds. The molecule has 0 aromatic heterocycles. The Balaban J connectivity index is 1.81. The van der Waals surface area contributed by atoms with E-state index in [1.807, 2.05) is 30.3 Å². The largest absolute Gasteiger partial charge is 0.346 e. The Kier molecular flexibility index (Phi) is 5.94. The van der Waals surface area contributed by atoms with E-state index < -0.39 is 8.38 Å². The van der Waals surface area contributed by atoms with Crippen LogP contribution < -0.4 is 5.30 Å². The van der Waals surface area contributed by atoms with Gasteiger partial charge in [-0.3, -0.25) is 0 Å². The Hall–Kier alpha value is -1.21. The van der Waals surface area contributed by atoms with Gasteiger partial charge in [0.2, 0.25) is 8.38 Å². The summed E-state index contributed by atoms with van der Waals surface area (Å²) in [5.74, 6) is 1.05. The lowest BCUT2D eigenvalue weighted by atomic mass is 9.64. The van der Waals surface area contributed by atoms with Gasteiger partial charge in [-0.15, -0.1) is 0 Å². The van der Waals surface area contributed by atoms with Crippen LogP contribution in [0, 0.1) is 11.8 Å². The van der Waals surface area contributed by atoms with Gasteiger partial charge < -0.3 is 9.42 Å². The molecule has 3 heteroatoms. The molecule has 4 atom stereocenters. The lowest BCUT2D eigenvalue weighted by Crippen LogP contribution is -2.42. The Labute approximate surface area is 153 Å². The van der Waals surface area contributed by atoms with Gasteiger partial charge in [-0.2, -0.15) is 0 Å². The van der Waals surface area contributed by atoms with E-state index in [4.69, 9.17) is 4.52 Å². The van der Waals surface area contributed by atoms with Crippen LogP contribution in [-0.2, 0) is 9.94 Å². The number of hydrogen-bond acceptors (Lipinski definition) is 2. The Morgan fingerprint density at radius 1 is 0.960 bits per heavy atom. The van der Waals surface area contributed by atoms with Gasteiger partial charge in [0.05, 0.1) is 6.10 Å². The van der Waals surface area contributed by atoms with E-state index in [1.54, 1.807) is 0 Å². The third-order valence-electron chi connectivity index (χ3n) is 5.71. The van der Waals surface area contributed by atoms with Crippen LogP contribution >= 0.6 is 8.38 Å². The van der Waals surface area contributed by atoms with Gasteiger partial charge in [-0.25, -0.2) is 0 Å². The van der Waals surface area contributed by atoms with E-state index >= 15 is 0 Å². The van der Waals surface area contributed by atoms with Crippen molar-refractivity contribution in [3.63, 3.8) is 0 Å². The Morgan fingerprint density at radius 3 is 2.20 bits per heavy atom. The van der Waals surface area contributed by atoms with Gasteiger partial charge in [0.1, 0.15) is 0 Å². The first-order valence-electron chi connectivity index (χ1n) is 9.25. The lowest BCUT2D eigenvalue weighted by molar-refractivity contribution is 0.0357. The summed E-state index contributed by atoms with van der Waals surface area (Å²) in [7, 11) is -1.56. The minimum atomic E-state index is -1.56. The highest BCUT2D eigenvalue weighted by atomic mass is 31.2. The molecule has 0 radical (unpaired) electrons. The quantitative estimate of drug-likeness (QED) is 0.725. The molecule has 134 valence electrons. The van der Waals surface area contributed by atoms with Gasteiger partial charge >= 0.3 is 0 Å². The first kappa shape index (κ1) is 18.6. The van der Waals surface area contributed by atoms with E-state index in [1.165, 1.54) is 12.0 Å². The maximum atomic E-state index is 10.7. The zero-order valence-electron chi connectivity index (χ0n) is 15.4. The number of rotatable bonds is 5. The molecule has 0 spiro atoms. The van der Waals surface area contributed by atoms with Crippen LogP contribution in [0.1, 0.15) is 45.6 Å². The zero-order valence-corrected chi connectivity index (χ0v) is 16.3.